The van der Waals surface area contributed by atoms with Gasteiger partial charge < -0.3 is 15.4 Å². The van der Waals surface area contributed by atoms with Crippen molar-refractivity contribution in [3.63, 3.8) is 0 Å². The summed E-state index contributed by atoms with van der Waals surface area (Å²) in [6.07, 6.45) is 0. The molecule has 1 aliphatic rings. The second-order valence-corrected chi connectivity index (χ2v) is 11.2. The number of ketones is 2. The average molecular weight is 599 g/mol. The van der Waals surface area contributed by atoms with Crippen molar-refractivity contribution in [3.05, 3.63) is 155 Å². The van der Waals surface area contributed by atoms with Crippen LogP contribution < -0.4 is 15.4 Å². The first-order valence-electron chi connectivity index (χ1n) is 13.8. The highest BCUT2D eigenvalue weighted by molar-refractivity contribution is 8.00. The number of thioether (sulfide) groups is 1. The molecule has 0 saturated carbocycles. The number of benzene rings is 5. The smallest absolute Gasteiger partial charge is 0.255 e. The topological polar surface area (TPSA) is 102 Å². The van der Waals surface area contributed by atoms with Gasteiger partial charge in [0.1, 0.15) is 11.0 Å². The van der Waals surface area contributed by atoms with E-state index in [0.717, 1.165) is 10.5 Å². The lowest BCUT2D eigenvalue weighted by Crippen LogP contribution is -2.25. The van der Waals surface area contributed by atoms with Crippen molar-refractivity contribution >= 4 is 46.5 Å². The molecule has 1 unspecified atom stereocenters. The van der Waals surface area contributed by atoms with Gasteiger partial charge in [-0.25, -0.2) is 0 Å². The standard InChI is InChI=1S/C36H26N2O5S/c1-43-25-14-7-12-23(20-25)35(41)37-24-13-8-15-26(21-24)44-34(22-10-3-2-4-11-22)36(42)38-30-19-9-18-29-31(30)33(40)28-17-6-5-16-27(28)32(29)39/h2-21,34H,1H3,(H,37,41)(H,38,42). The Labute approximate surface area is 258 Å². The maximum Gasteiger partial charge on any atom is 0.255 e. The van der Waals surface area contributed by atoms with Crippen LogP contribution in [0.3, 0.4) is 0 Å². The van der Waals surface area contributed by atoms with Crippen LogP contribution in [0.4, 0.5) is 11.4 Å². The molecule has 0 saturated heterocycles. The monoisotopic (exact) mass is 598 g/mol. The van der Waals surface area contributed by atoms with Gasteiger partial charge in [-0.3, -0.25) is 19.2 Å². The minimum atomic E-state index is -0.710. The first kappa shape index (κ1) is 28.6. The normalized spacial score (nSPS) is 12.5. The third-order valence-corrected chi connectivity index (χ3v) is 8.48. The molecule has 216 valence electrons. The lowest BCUT2D eigenvalue weighted by atomic mass is 9.83. The minimum Gasteiger partial charge on any atom is -0.497 e. The molecule has 8 heteroatoms. The van der Waals surface area contributed by atoms with Gasteiger partial charge in [0.25, 0.3) is 5.91 Å². The van der Waals surface area contributed by atoms with Gasteiger partial charge in [0.05, 0.1) is 18.4 Å². The van der Waals surface area contributed by atoms with E-state index in [9.17, 15) is 19.2 Å². The molecule has 1 atom stereocenters. The van der Waals surface area contributed by atoms with Gasteiger partial charge in [-0.05, 0) is 48.0 Å². The molecule has 0 radical (unpaired) electrons. The van der Waals surface area contributed by atoms with Crippen LogP contribution in [0.2, 0.25) is 0 Å². The van der Waals surface area contributed by atoms with Gasteiger partial charge in [-0.2, -0.15) is 0 Å². The number of rotatable bonds is 8. The summed E-state index contributed by atoms with van der Waals surface area (Å²) in [5.41, 5.74) is 3.15. The largest absolute Gasteiger partial charge is 0.497 e. The molecule has 5 aromatic rings. The fourth-order valence-corrected chi connectivity index (χ4v) is 6.18. The van der Waals surface area contributed by atoms with E-state index in [1.807, 2.05) is 36.4 Å². The van der Waals surface area contributed by atoms with E-state index in [1.165, 1.54) is 11.8 Å². The molecule has 0 fully saturated rings. The predicted octanol–water partition coefficient (Wildman–Crippen LogP) is 7.20. The molecule has 5 aromatic carbocycles. The van der Waals surface area contributed by atoms with E-state index in [2.05, 4.69) is 10.6 Å². The third-order valence-electron chi connectivity index (χ3n) is 7.23. The number of anilines is 2. The number of amides is 2. The Balaban J connectivity index is 1.27. The third kappa shape index (κ3) is 5.75. The van der Waals surface area contributed by atoms with E-state index in [4.69, 9.17) is 4.74 Å². The Kier molecular flexibility index (Phi) is 8.08. The first-order chi connectivity index (χ1) is 21.4. The molecular formula is C36H26N2O5S. The van der Waals surface area contributed by atoms with Gasteiger partial charge in [0.15, 0.2) is 11.6 Å². The van der Waals surface area contributed by atoms with Gasteiger partial charge in [0.2, 0.25) is 5.91 Å². The summed E-state index contributed by atoms with van der Waals surface area (Å²) in [6.45, 7) is 0. The number of methoxy groups -OCH3 is 1. The minimum absolute atomic E-state index is 0.184. The Hall–Kier alpha value is -5.47. The van der Waals surface area contributed by atoms with Crippen LogP contribution in [0.25, 0.3) is 0 Å². The summed E-state index contributed by atoms with van der Waals surface area (Å²) in [4.78, 5) is 54.3. The van der Waals surface area contributed by atoms with Crippen LogP contribution in [-0.4, -0.2) is 30.5 Å². The van der Waals surface area contributed by atoms with Crippen LogP contribution in [0.15, 0.2) is 126 Å². The van der Waals surface area contributed by atoms with Crippen molar-refractivity contribution in [2.75, 3.05) is 17.7 Å². The molecular weight excluding hydrogens is 572 g/mol. The van der Waals surface area contributed by atoms with Crippen molar-refractivity contribution in [1.82, 2.24) is 0 Å². The van der Waals surface area contributed by atoms with Crippen molar-refractivity contribution in [1.29, 1.82) is 0 Å². The van der Waals surface area contributed by atoms with Crippen LogP contribution in [0, 0.1) is 0 Å². The molecule has 6 rings (SSSR count). The molecule has 2 amide bonds. The van der Waals surface area contributed by atoms with E-state index in [-0.39, 0.29) is 40.2 Å². The van der Waals surface area contributed by atoms with E-state index < -0.39 is 5.25 Å². The number of carbonyl (C=O) groups excluding carboxylic acids is 4. The summed E-state index contributed by atoms with van der Waals surface area (Å²) in [6, 6.07) is 35.0. The quantitative estimate of drug-likeness (QED) is 0.180. The molecule has 0 heterocycles. The number of fused-ring (bicyclic) bond motifs is 2. The number of hydrogen-bond acceptors (Lipinski definition) is 6. The van der Waals surface area contributed by atoms with Crippen LogP contribution in [0.1, 0.15) is 53.0 Å². The highest BCUT2D eigenvalue weighted by atomic mass is 32.2. The fourth-order valence-electron chi connectivity index (χ4n) is 5.10. The number of nitrogens with one attached hydrogen (secondary N) is 2. The Bertz CT molecular complexity index is 1920. The zero-order valence-corrected chi connectivity index (χ0v) is 24.4. The van der Waals surface area contributed by atoms with Crippen LogP contribution >= 0.6 is 11.8 Å². The van der Waals surface area contributed by atoms with Crippen molar-refractivity contribution in [2.45, 2.75) is 10.1 Å². The van der Waals surface area contributed by atoms with Crippen molar-refractivity contribution in [3.8, 4) is 5.75 Å². The summed E-state index contributed by atoms with van der Waals surface area (Å²) in [5, 5.41) is 5.13. The lowest BCUT2D eigenvalue weighted by Gasteiger charge is -2.22. The maximum atomic E-state index is 13.9. The summed E-state index contributed by atoms with van der Waals surface area (Å²) in [5.74, 6) is -0.645. The number of carbonyl (C=O) groups is 4. The second kappa shape index (κ2) is 12.4. The maximum absolute atomic E-state index is 13.9. The predicted molar refractivity (Wildman–Crippen MR) is 171 cm³/mol. The van der Waals surface area contributed by atoms with Gasteiger partial charge in [0, 0.05) is 32.8 Å². The molecule has 1 aliphatic carbocycles. The fraction of sp³-hybridized carbons (Fsp3) is 0.0556. The number of hydrogen-bond donors (Lipinski definition) is 2. The summed E-state index contributed by atoms with van der Waals surface area (Å²) >= 11 is 1.30. The molecule has 0 bridgehead atoms. The Morgan fingerprint density at radius 1 is 0.682 bits per heavy atom. The lowest BCUT2D eigenvalue weighted by molar-refractivity contribution is -0.115. The molecule has 44 heavy (non-hydrogen) atoms. The van der Waals surface area contributed by atoms with Crippen molar-refractivity contribution in [2.24, 2.45) is 0 Å². The summed E-state index contributed by atoms with van der Waals surface area (Å²) < 4.78 is 5.23. The van der Waals surface area contributed by atoms with E-state index in [1.54, 1.807) is 92.0 Å². The van der Waals surface area contributed by atoms with Gasteiger partial charge in [-0.15, -0.1) is 11.8 Å². The van der Waals surface area contributed by atoms with Gasteiger partial charge >= 0.3 is 0 Å². The van der Waals surface area contributed by atoms with Gasteiger partial charge in [-0.1, -0.05) is 78.9 Å². The zero-order valence-electron chi connectivity index (χ0n) is 23.6. The molecule has 0 spiro atoms. The molecule has 7 nitrogen and oxygen atoms in total. The highest BCUT2D eigenvalue weighted by Crippen LogP contribution is 2.38. The molecule has 0 aliphatic heterocycles. The molecule has 2 N–H and O–H groups in total. The second-order valence-electron chi connectivity index (χ2n) is 10.0. The number of ether oxygens (including phenoxy) is 1. The Morgan fingerprint density at radius 3 is 2.14 bits per heavy atom. The highest BCUT2D eigenvalue weighted by Gasteiger charge is 2.32. The molecule has 0 aromatic heterocycles. The SMILES string of the molecule is COc1cccc(C(=O)Nc2cccc(SC(C(=O)Nc3cccc4c3C(=O)c3ccccc3C4=O)c3ccccc3)c2)c1. The summed E-state index contributed by atoms with van der Waals surface area (Å²) in [7, 11) is 1.54. The van der Waals surface area contributed by atoms with Crippen molar-refractivity contribution < 1.29 is 23.9 Å². The van der Waals surface area contributed by atoms with E-state index in [0.29, 0.717) is 28.1 Å². The average Bonchev–Trinajstić information content (AvgIpc) is 3.06. The Morgan fingerprint density at radius 2 is 1.36 bits per heavy atom. The first-order valence-corrected chi connectivity index (χ1v) is 14.7. The van der Waals surface area contributed by atoms with E-state index >= 15 is 0 Å². The van der Waals surface area contributed by atoms with Crippen LogP contribution in [0.5, 0.6) is 5.75 Å². The zero-order chi connectivity index (χ0) is 30.6. The van der Waals surface area contributed by atoms with Crippen LogP contribution in [-0.2, 0) is 4.79 Å².